The minimum Gasteiger partial charge on any atom is -0.495 e. The van der Waals surface area contributed by atoms with Gasteiger partial charge in [-0.15, -0.1) is 0 Å². The van der Waals surface area contributed by atoms with E-state index in [1.807, 2.05) is 0 Å². The summed E-state index contributed by atoms with van der Waals surface area (Å²) in [5.74, 6) is 0.0945. The second-order valence-corrected chi connectivity index (χ2v) is 4.26. The van der Waals surface area contributed by atoms with Gasteiger partial charge in [-0.25, -0.2) is 4.39 Å². The summed E-state index contributed by atoms with van der Waals surface area (Å²) in [7, 11) is 1.50. The summed E-state index contributed by atoms with van der Waals surface area (Å²) in [5.41, 5.74) is 1.08. The van der Waals surface area contributed by atoms with Crippen LogP contribution in [0.5, 0.6) is 5.75 Å². The molecular weight excluding hydrogens is 255 g/mol. The van der Waals surface area contributed by atoms with Gasteiger partial charge in [-0.1, -0.05) is 29.8 Å². The predicted octanol–water partition coefficient (Wildman–Crippen LogP) is 3.57. The van der Waals surface area contributed by atoms with Gasteiger partial charge in [0.2, 0.25) is 0 Å². The highest BCUT2D eigenvalue weighted by molar-refractivity contribution is 6.32. The Morgan fingerprint density at radius 1 is 1.17 bits per heavy atom. The van der Waals surface area contributed by atoms with E-state index in [1.54, 1.807) is 30.3 Å². The van der Waals surface area contributed by atoms with Crippen LogP contribution in [0.3, 0.4) is 0 Å². The van der Waals surface area contributed by atoms with Crippen LogP contribution in [0.25, 0.3) is 0 Å². The highest BCUT2D eigenvalue weighted by Crippen LogP contribution is 2.30. The Morgan fingerprint density at radius 2 is 1.89 bits per heavy atom. The normalized spacial score (nSPS) is 12.2. The molecule has 2 nitrogen and oxygen atoms in total. The first-order valence-electron chi connectivity index (χ1n) is 5.39. The highest BCUT2D eigenvalue weighted by atomic mass is 35.5. The van der Waals surface area contributed by atoms with Crippen molar-refractivity contribution >= 4 is 11.6 Å². The first-order chi connectivity index (χ1) is 8.61. The van der Waals surface area contributed by atoms with E-state index < -0.39 is 6.10 Å². The van der Waals surface area contributed by atoms with Crippen molar-refractivity contribution < 1.29 is 14.2 Å². The number of aliphatic hydroxyl groups is 1. The van der Waals surface area contributed by atoms with Gasteiger partial charge in [-0.05, 0) is 35.4 Å². The Morgan fingerprint density at radius 3 is 2.56 bits per heavy atom. The maximum Gasteiger partial charge on any atom is 0.137 e. The van der Waals surface area contributed by atoms with Crippen molar-refractivity contribution in [3.8, 4) is 5.75 Å². The molecule has 1 atom stereocenters. The summed E-state index contributed by atoms with van der Waals surface area (Å²) >= 11 is 5.91. The zero-order valence-corrected chi connectivity index (χ0v) is 10.5. The van der Waals surface area contributed by atoms with Gasteiger partial charge in [0.25, 0.3) is 0 Å². The maximum atomic E-state index is 13.1. The number of hydrogen-bond donors (Lipinski definition) is 1. The summed E-state index contributed by atoms with van der Waals surface area (Å²) in [4.78, 5) is 0. The molecule has 0 aromatic heterocycles. The molecule has 2 aromatic carbocycles. The van der Waals surface area contributed by atoms with Gasteiger partial charge in [0.1, 0.15) is 17.7 Å². The lowest BCUT2D eigenvalue weighted by molar-refractivity contribution is 0.219. The van der Waals surface area contributed by atoms with Crippen LogP contribution in [0.1, 0.15) is 17.2 Å². The Kier molecular flexibility index (Phi) is 3.84. The predicted molar refractivity (Wildman–Crippen MR) is 68.5 cm³/mol. The second kappa shape index (κ2) is 5.38. The average molecular weight is 267 g/mol. The second-order valence-electron chi connectivity index (χ2n) is 3.85. The lowest BCUT2D eigenvalue weighted by Crippen LogP contribution is -2.00. The zero-order chi connectivity index (χ0) is 13.1. The van der Waals surface area contributed by atoms with Crippen LogP contribution in [-0.2, 0) is 0 Å². The maximum absolute atomic E-state index is 13.1. The van der Waals surface area contributed by atoms with Crippen molar-refractivity contribution in [3.63, 3.8) is 0 Å². The molecule has 2 aromatic rings. The molecule has 94 valence electrons. The van der Waals surface area contributed by atoms with Crippen LogP contribution < -0.4 is 4.74 Å². The smallest absolute Gasteiger partial charge is 0.137 e. The monoisotopic (exact) mass is 266 g/mol. The molecule has 0 saturated heterocycles. The van der Waals surface area contributed by atoms with E-state index in [1.165, 1.54) is 19.2 Å². The van der Waals surface area contributed by atoms with Crippen LogP contribution in [0.2, 0.25) is 5.02 Å². The first kappa shape index (κ1) is 12.9. The molecule has 2 rings (SSSR count). The molecule has 0 aliphatic rings. The molecule has 0 aliphatic carbocycles. The van der Waals surface area contributed by atoms with E-state index in [-0.39, 0.29) is 5.82 Å². The van der Waals surface area contributed by atoms with Crippen molar-refractivity contribution in [2.75, 3.05) is 7.11 Å². The van der Waals surface area contributed by atoms with Crippen molar-refractivity contribution in [1.82, 2.24) is 0 Å². The number of aliphatic hydroxyl groups excluding tert-OH is 1. The summed E-state index contributed by atoms with van der Waals surface area (Å²) < 4.78 is 18.2. The van der Waals surface area contributed by atoms with Crippen LogP contribution >= 0.6 is 11.6 Å². The molecule has 18 heavy (non-hydrogen) atoms. The Labute approximate surface area is 110 Å². The van der Waals surface area contributed by atoms with E-state index >= 15 is 0 Å². The van der Waals surface area contributed by atoms with Gasteiger partial charge >= 0.3 is 0 Å². The molecule has 0 aliphatic heterocycles. The lowest BCUT2D eigenvalue weighted by atomic mass is 10.0. The number of ether oxygens (including phenoxy) is 1. The van der Waals surface area contributed by atoms with Crippen molar-refractivity contribution in [2.45, 2.75) is 6.10 Å². The van der Waals surface area contributed by atoms with E-state index in [0.717, 1.165) is 0 Å². The fourth-order valence-corrected chi connectivity index (χ4v) is 1.91. The highest BCUT2D eigenvalue weighted by Gasteiger charge is 2.13. The molecule has 0 fully saturated rings. The molecule has 0 bridgehead atoms. The van der Waals surface area contributed by atoms with Gasteiger partial charge in [-0.2, -0.15) is 0 Å². The van der Waals surface area contributed by atoms with Crippen LogP contribution in [-0.4, -0.2) is 12.2 Å². The molecule has 1 N–H and O–H groups in total. The SMILES string of the molecule is COc1cc(C(O)c2cccc(F)c2)ccc1Cl. The van der Waals surface area contributed by atoms with Crippen molar-refractivity contribution in [1.29, 1.82) is 0 Å². The van der Waals surface area contributed by atoms with Gasteiger partial charge < -0.3 is 9.84 Å². The topological polar surface area (TPSA) is 29.5 Å². The summed E-state index contributed by atoms with van der Waals surface area (Å²) in [6.45, 7) is 0. The molecule has 0 saturated carbocycles. The quantitative estimate of drug-likeness (QED) is 0.920. The average Bonchev–Trinajstić information content (AvgIpc) is 2.38. The molecule has 1 unspecified atom stereocenters. The number of rotatable bonds is 3. The lowest BCUT2D eigenvalue weighted by Gasteiger charge is -2.13. The molecule has 0 radical (unpaired) electrons. The van der Waals surface area contributed by atoms with Gasteiger partial charge in [0.05, 0.1) is 12.1 Å². The van der Waals surface area contributed by atoms with Crippen molar-refractivity contribution in [2.24, 2.45) is 0 Å². The fraction of sp³-hybridized carbons (Fsp3) is 0.143. The molecule has 4 heteroatoms. The van der Waals surface area contributed by atoms with Crippen LogP contribution in [0.4, 0.5) is 4.39 Å². The first-order valence-corrected chi connectivity index (χ1v) is 5.76. The molecule has 0 amide bonds. The van der Waals surface area contributed by atoms with E-state index in [4.69, 9.17) is 16.3 Å². The summed E-state index contributed by atoms with van der Waals surface area (Å²) in [6.07, 6.45) is -0.910. The standard InChI is InChI=1S/C14H12ClFO2/c1-18-13-8-10(5-6-12(13)15)14(17)9-3-2-4-11(16)7-9/h2-8,14,17H,1H3. The molecule has 0 heterocycles. The zero-order valence-electron chi connectivity index (χ0n) is 9.73. The molecular formula is C14H12ClFO2. The number of hydrogen-bond acceptors (Lipinski definition) is 2. The summed E-state index contributed by atoms with van der Waals surface area (Å²) in [6, 6.07) is 10.8. The minimum atomic E-state index is -0.910. The Hall–Kier alpha value is -1.58. The largest absolute Gasteiger partial charge is 0.495 e. The summed E-state index contributed by atoms with van der Waals surface area (Å²) in [5, 5.41) is 10.6. The molecule has 0 spiro atoms. The Balaban J connectivity index is 2.36. The third kappa shape index (κ3) is 2.63. The third-order valence-corrected chi connectivity index (χ3v) is 2.97. The minimum absolute atomic E-state index is 0.382. The van der Waals surface area contributed by atoms with E-state index in [0.29, 0.717) is 21.9 Å². The number of benzene rings is 2. The van der Waals surface area contributed by atoms with Gasteiger partial charge in [-0.3, -0.25) is 0 Å². The van der Waals surface area contributed by atoms with Crippen LogP contribution in [0, 0.1) is 5.82 Å². The van der Waals surface area contributed by atoms with Gasteiger partial charge in [0.15, 0.2) is 0 Å². The van der Waals surface area contributed by atoms with Crippen LogP contribution in [0.15, 0.2) is 42.5 Å². The number of halogens is 2. The third-order valence-electron chi connectivity index (χ3n) is 2.66. The van der Waals surface area contributed by atoms with Crippen molar-refractivity contribution in [3.05, 3.63) is 64.4 Å². The Bertz CT molecular complexity index is 557. The van der Waals surface area contributed by atoms with Gasteiger partial charge in [0, 0.05) is 0 Å². The van der Waals surface area contributed by atoms with E-state index in [9.17, 15) is 9.50 Å². The fourth-order valence-electron chi connectivity index (χ4n) is 1.72. The van der Waals surface area contributed by atoms with E-state index in [2.05, 4.69) is 0 Å². The number of methoxy groups -OCH3 is 1.